The molecular weight excluding hydrogens is 558 g/mol. The molecule has 8 nitrogen and oxygen atoms in total. The van der Waals surface area contributed by atoms with Crippen LogP contribution in [0.5, 0.6) is 0 Å². The van der Waals surface area contributed by atoms with Gasteiger partial charge in [-0.15, -0.1) is 11.3 Å². The van der Waals surface area contributed by atoms with Crippen LogP contribution < -0.4 is 16.4 Å². The Morgan fingerprint density at radius 1 is 1.15 bits per heavy atom. The third-order valence-corrected chi connectivity index (χ3v) is 8.67. The van der Waals surface area contributed by atoms with Crippen LogP contribution in [0.2, 0.25) is 5.02 Å². The van der Waals surface area contributed by atoms with E-state index in [4.69, 9.17) is 17.3 Å². The van der Waals surface area contributed by atoms with E-state index in [2.05, 4.69) is 27.5 Å². The highest BCUT2D eigenvalue weighted by atomic mass is 35.5. The van der Waals surface area contributed by atoms with E-state index in [1.807, 2.05) is 50.4 Å². The Balaban J connectivity index is 1.42. The Bertz CT molecular complexity index is 1700. The first-order valence-electron chi connectivity index (χ1n) is 13.1. The van der Waals surface area contributed by atoms with Crippen LogP contribution >= 0.6 is 22.9 Å². The van der Waals surface area contributed by atoms with Gasteiger partial charge >= 0.3 is 12.1 Å². The molecule has 0 saturated carbocycles. The quantitative estimate of drug-likeness (QED) is 0.183. The molecule has 2 aromatic heterocycles. The number of urea groups is 1. The lowest BCUT2D eigenvalue weighted by atomic mass is 9.72. The summed E-state index contributed by atoms with van der Waals surface area (Å²) in [7, 11) is 0. The number of carboxylic acid groups (broad SMARTS) is 1. The van der Waals surface area contributed by atoms with E-state index in [0.29, 0.717) is 40.7 Å². The second-order valence-electron chi connectivity index (χ2n) is 11.0. The highest BCUT2D eigenvalue weighted by molar-refractivity contribution is 7.18. The molecule has 5 N–H and O–H groups in total. The molecule has 41 heavy (non-hydrogen) atoms. The predicted molar refractivity (Wildman–Crippen MR) is 167 cm³/mol. The van der Waals surface area contributed by atoms with E-state index >= 15 is 0 Å². The monoisotopic (exact) mass is 587 g/mol. The Labute approximate surface area is 247 Å². The summed E-state index contributed by atoms with van der Waals surface area (Å²) >= 11 is 7.51. The van der Waals surface area contributed by atoms with Crippen molar-refractivity contribution in [3.63, 3.8) is 0 Å². The zero-order chi connectivity index (χ0) is 29.4. The van der Waals surface area contributed by atoms with E-state index in [-0.39, 0.29) is 11.4 Å². The lowest BCUT2D eigenvalue weighted by Gasteiger charge is -2.43. The minimum atomic E-state index is -0.953. The number of benzene rings is 2. The first-order valence-corrected chi connectivity index (χ1v) is 14.4. The number of rotatable bonds is 3. The summed E-state index contributed by atoms with van der Waals surface area (Å²) in [5.41, 5.74) is 8.92. The van der Waals surface area contributed by atoms with Gasteiger partial charge in [0.25, 0.3) is 0 Å². The number of aromatic nitrogens is 1. The van der Waals surface area contributed by atoms with Gasteiger partial charge in [-0.25, -0.2) is 14.6 Å². The Hall–Kier alpha value is -4.26. The van der Waals surface area contributed by atoms with E-state index in [9.17, 15) is 14.7 Å². The number of carbonyl (C=O) groups is 2. The molecule has 0 unspecified atom stereocenters. The number of nitrogen functional groups attached to an aromatic ring is 1. The molecular formula is C31H30ClN5O3S. The number of pyridine rings is 1. The molecule has 3 amide bonds. The maximum Gasteiger partial charge on any atom is 0.408 e. The summed E-state index contributed by atoms with van der Waals surface area (Å²) in [6, 6.07) is 14.0. The average molecular weight is 588 g/mol. The molecule has 210 valence electrons. The van der Waals surface area contributed by atoms with Crippen molar-refractivity contribution in [2.75, 3.05) is 22.9 Å². The Morgan fingerprint density at radius 3 is 2.56 bits per heavy atom. The number of nitrogens with two attached hydrogens (primary N) is 1. The minimum Gasteiger partial charge on any atom is -0.465 e. The van der Waals surface area contributed by atoms with Crippen LogP contribution in [0.1, 0.15) is 39.2 Å². The zero-order valence-corrected chi connectivity index (χ0v) is 24.5. The van der Waals surface area contributed by atoms with Crippen LogP contribution in [0.15, 0.2) is 60.1 Å². The lowest BCUT2D eigenvalue weighted by molar-refractivity contribution is 0.0702. The van der Waals surface area contributed by atoms with E-state index in [1.165, 1.54) is 16.2 Å². The first-order chi connectivity index (χ1) is 19.5. The summed E-state index contributed by atoms with van der Waals surface area (Å²) in [4.78, 5) is 30.4. The van der Waals surface area contributed by atoms with Gasteiger partial charge in [0.05, 0.1) is 10.3 Å². The first kappa shape index (κ1) is 28.3. The number of likely N-dealkylation sites (tertiary alicyclic amines) is 1. The molecule has 3 heterocycles. The van der Waals surface area contributed by atoms with Crippen molar-refractivity contribution in [3.05, 3.63) is 70.7 Å². The second-order valence-corrected chi connectivity index (χ2v) is 12.3. The predicted octanol–water partition coefficient (Wildman–Crippen LogP) is 7.75. The molecule has 10 heteroatoms. The van der Waals surface area contributed by atoms with Gasteiger partial charge in [0.1, 0.15) is 11.4 Å². The molecule has 1 atom stereocenters. The van der Waals surface area contributed by atoms with Crippen molar-refractivity contribution < 1.29 is 14.7 Å². The smallest absolute Gasteiger partial charge is 0.408 e. The number of carbonyl (C=O) groups excluding carboxylic acids is 1. The molecule has 2 aromatic carbocycles. The lowest BCUT2D eigenvalue weighted by Crippen LogP contribution is -2.54. The van der Waals surface area contributed by atoms with Gasteiger partial charge in [-0.3, -0.25) is 4.90 Å². The summed E-state index contributed by atoms with van der Waals surface area (Å²) < 4.78 is 0.895. The SMILES string of the molecule is CC(C)(C)[C@]1(C#Cc2cnc(N)c3c(-c4ccc(NC(=O)Nc5cccc(Cl)c5)cc4)csc23)CCCN1C(=O)O. The minimum absolute atomic E-state index is 0.378. The molecule has 5 rings (SSSR count). The average Bonchev–Trinajstić information content (AvgIpc) is 3.55. The van der Waals surface area contributed by atoms with Crippen molar-refractivity contribution in [1.82, 2.24) is 9.88 Å². The fourth-order valence-corrected chi connectivity index (χ4v) is 6.55. The van der Waals surface area contributed by atoms with Crippen LogP contribution in [0.4, 0.5) is 26.8 Å². The third-order valence-electron chi connectivity index (χ3n) is 7.42. The van der Waals surface area contributed by atoms with Crippen molar-refractivity contribution >= 4 is 62.3 Å². The molecule has 0 radical (unpaired) electrons. The maximum atomic E-state index is 12.4. The standard InChI is InChI=1S/C31H30ClN5O3S/c1-30(2,3)31(13-5-15-37(31)29(39)40)14-12-20-17-34-27(33)25-24(18-41-26(20)25)19-8-10-22(11-9-19)35-28(38)36-23-7-4-6-21(32)16-23/h4,6-11,16-18H,5,13,15H2,1-3H3,(H2,33,34)(H,39,40)(H2,35,36,38)/t31-/m1/s1. The summed E-state index contributed by atoms with van der Waals surface area (Å²) in [6.07, 6.45) is 2.15. The van der Waals surface area contributed by atoms with Crippen LogP contribution in [-0.4, -0.2) is 39.2 Å². The number of hydrogen-bond donors (Lipinski definition) is 4. The molecule has 1 saturated heterocycles. The summed E-state index contributed by atoms with van der Waals surface area (Å²) in [5, 5.41) is 18.8. The number of nitrogens with zero attached hydrogens (tertiary/aromatic N) is 2. The van der Waals surface area contributed by atoms with Gasteiger partial charge in [-0.05, 0) is 59.5 Å². The number of halogens is 1. The maximum absolute atomic E-state index is 12.4. The van der Waals surface area contributed by atoms with Crippen molar-refractivity contribution in [2.24, 2.45) is 5.41 Å². The van der Waals surface area contributed by atoms with Crippen LogP contribution in [0.25, 0.3) is 21.2 Å². The second kappa shape index (κ2) is 11.0. The number of anilines is 3. The number of nitrogens with one attached hydrogen (secondary N) is 2. The number of amides is 3. The van der Waals surface area contributed by atoms with Crippen molar-refractivity contribution in [2.45, 2.75) is 39.2 Å². The largest absolute Gasteiger partial charge is 0.465 e. The van der Waals surface area contributed by atoms with Crippen LogP contribution in [-0.2, 0) is 0 Å². The number of hydrogen-bond acceptors (Lipinski definition) is 5. The highest BCUT2D eigenvalue weighted by Gasteiger charge is 2.51. The van der Waals surface area contributed by atoms with Gasteiger partial charge in [0.2, 0.25) is 0 Å². The van der Waals surface area contributed by atoms with Crippen molar-refractivity contribution in [3.8, 4) is 23.0 Å². The molecule has 1 aliphatic heterocycles. The van der Waals surface area contributed by atoms with Crippen molar-refractivity contribution in [1.29, 1.82) is 0 Å². The van der Waals surface area contributed by atoms with Crippen LogP contribution in [0.3, 0.4) is 0 Å². The fraction of sp³-hybridized carbons (Fsp3) is 0.258. The van der Waals surface area contributed by atoms with Gasteiger partial charge in [-0.1, -0.05) is 62.4 Å². The van der Waals surface area contributed by atoms with E-state index in [0.717, 1.165) is 27.6 Å². The van der Waals surface area contributed by atoms with Gasteiger partial charge in [0, 0.05) is 40.1 Å². The third kappa shape index (κ3) is 5.53. The number of thiophene rings is 1. The Kier molecular flexibility index (Phi) is 7.56. The van der Waals surface area contributed by atoms with Gasteiger partial charge in [-0.2, -0.15) is 0 Å². The normalized spacial score (nSPS) is 16.7. The number of fused-ring (bicyclic) bond motifs is 1. The topological polar surface area (TPSA) is 121 Å². The Morgan fingerprint density at radius 2 is 1.88 bits per heavy atom. The van der Waals surface area contributed by atoms with Gasteiger partial charge < -0.3 is 21.5 Å². The molecule has 4 aromatic rings. The van der Waals surface area contributed by atoms with Crippen LogP contribution in [0, 0.1) is 17.3 Å². The highest BCUT2D eigenvalue weighted by Crippen LogP contribution is 2.44. The molecule has 0 spiro atoms. The molecule has 1 fully saturated rings. The molecule has 0 aliphatic carbocycles. The zero-order valence-electron chi connectivity index (χ0n) is 22.9. The summed E-state index contributed by atoms with van der Waals surface area (Å²) in [5.74, 6) is 7.03. The fourth-order valence-electron chi connectivity index (χ4n) is 5.31. The molecule has 1 aliphatic rings. The molecule has 0 bridgehead atoms. The van der Waals surface area contributed by atoms with E-state index < -0.39 is 11.6 Å². The van der Waals surface area contributed by atoms with E-state index in [1.54, 1.807) is 30.5 Å². The summed E-state index contributed by atoms with van der Waals surface area (Å²) in [6.45, 7) is 6.56. The van der Waals surface area contributed by atoms with Gasteiger partial charge in [0.15, 0.2) is 0 Å².